The van der Waals surface area contributed by atoms with E-state index in [0.29, 0.717) is 12.2 Å². The number of aliphatic carboxylic acids is 1. The van der Waals surface area contributed by atoms with E-state index in [4.69, 9.17) is 4.74 Å². The first-order valence-electron chi connectivity index (χ1n) is 8.25. The molecule has 0 heterocycles. The number of carbonyl (C=O) groups excluding carboxylic acids is 1. The van der Waals surface area contributed by atoms with Crippen LogP contribution in [-0.4, -0.2) is 23.1 Å². The molecule has 0 bridgehead atoms. The Morgan fingerprint density at radius 3 is 2.19 bits per heavy atom. The molecule has 2 aromatic carbocycles. The van der Waals surface area contributed by atoms with Gasteiger partial charge in [-0.05, 0) is 56.2 Å². The van der Waals surface area contributed by atoms with Crippen LogP contribution in [0.2, 0.25) is 0 Å². The summed E-state index contributed by atoms with van der Waals surface area (Å²) in [5.74, 6) is -2.25. The number of hydrogen-bond donors (Lipinski definition) is 2. The molecule has 0 radical (unpaired) electrons. The van der Waals surface area contributed by atoms with Crippen molar-refractivity contribution in [3.63, 3.8) is 0 Å². The van der Waals surface area contributed by atoms with Gasteiger partial charge in [-0.3, -0.25) is 4.79 Å². The smallest absolute Gasteiger partial charge is 0.333 e. The molecule has 1 unspecified atom stereocenters. The van der Waals surface area contributed by atoms with Gasteiger partial charge < -0.3 is 15.2 Å². The van der Waals surface area contributed by atoms with Crippen LogP contribution in [0.25, 0.3) is 0 Å². The first kappa shape index (κ1) is 19.6. The summed E-state index contributed by atoms with van der Waals surface area (Å²) in [5.41, 5.74) is -0.158. The fourth-order valence-corrected chi connectivity index (χ4v) is 2.35. The summed E-state index contributed by atoms with van der Waals surface area (Å²) < 4.78 is 18.6. The van der Waals surface area contributed by atoms with Crippen LogP contribution in [0.3, 0.4) is 0 Å². The fourth-order valence-electron chi connectivity index (χ4n) is 2.35. The van der Waals surface area contributed by atoms with Gasteiger partial charge in [0.05, 0.1) is 12.7 Å². The molecular formula is C20H22FNO4. The summed E-state index contributed by atoms with van der Waals surface area (Å²) in [5, 5.41) is 12.1. The maximum absolute atomic E-state index is 13.1. The number of amides is 1. The van der Waals surface area contributed by atoms with Crippen molar-refractivity contribution in [3.05, 3.63) is 71.0 Å². The second kappa shape index (κ2) is 8.10. The average molecular weight is 359 g/mol. The lowest BCUT2D eigenvalue weighted by Crippen LogP contribution is -2.49. The lowest BCUT2D eigenvalue weighted by Gasteiger charge is -2.27. The van der Waals surface area contributed by atoms with Gasteiger partial charge in [0, 0.05) is 5.56 Å². The molecule has 1 atom stereocenters. The van der Waals surface area contributed by atoms with Crippen LogP contribution in [-0.2, 0) is 21.7 Å². The molecule has 1 amide bonds. The van der Waals surface area contributed by atoms with E-state index in [1.807, 2.05) is 13.8 Å². The van der Waals surface area contributed by atoms with Crippen LogP contribution in [0.5, 0.6) is 0 Å². The molecule has 0 saturated carbocycles. The van der Waals surface area contributed by atoms with Gasteiger partial charge in [0.2, 0.25) is 0 Å². The molecule has 0 fully saturated rings. The van der Waals surface area contributed by atoms with Crippen molar-refractivity contribution in [1.29, 1.82) is 0 Å². The highest BCUT2D eigenvalue weighted by Gasteiger charge is 2.37. The van der Waals surface area contributed by atoms with Gasteiger partial charge in [-0.1, -0.05) is 24.3 Å². The van der Waals surface area contributed by atoms with Gasteiger partial charge in [0.25, 0.3) is 5.91 Å². The number of rotatable bonds is 7. The molecule has 26 heavy (non-hydrogen) atoms. The van der Waals surface area contributed by atoms with Crippen LogP contribution in [0.15, 0.2) is 48.5 Å². The maximum Gasteiger partial charge on any atom is 0.333 e. The summed E-state index contributed by atoms with van der Waals surface area (Å²) in [4.78, 5) is 24.3. The Labute approximate surface area is 151 Å². The van der Waals surface area contributed by atoms with Crippen molar-refractivity contribution in [3.8, 4) is 0 Å². The van der Waals surface area contributed by atoms with E-state index < -0.39 is 23.2 Å². The van der Waals surface area contributed by atoms with Gasteiger partial charge in [0.15, 0.2) is 5.54 Å². The minimum atomic E-state index is -1.68. The Balaban J connectivity index is 2.17. The lowest BCUT2D eigenvalue weighted by atomic mass is 9.91. The summed E-state index contributed by atoms with van der Waals surface area (Å²) in [6.45, 7) is 5.67. The van der Waals surface area contributed by atoms with E-state index in [1.54, 1.807) is 24.3 Å². The SMILES string of the molecule is CC(C)OCc1ccc(C(=O)NC(C)(C(=O)O)c2ccc(F)cc2)cc1. The van der Waals surface area contributed by atoms with Crippen LogP contribution < -0.4 is 5.32 Å². The number of hydrogen-bond acceptors (Lipinski definition) is 3. The van der Waals surface area contributed by atoms with Crippen molar-refractivity contribution in [1.82, 2.24) is 5.32 Å². The highest BCUT2D eigenvalue weighted by Crippen LogP contribution is 2.22. The fraction of sp³-hybridized carbons (Fsp3) is 0.300. The van der Waals surface area contributed by atoms with Crippen molar-refractivity contribution in [2.24, 2.45) is 0 Å². The zero-order chi connectivity index (χ0) is 19.3. The predicted octanol–water partition coefficient (Wildman–Crippen LogP) is 3.48. The third kappa shape index (κ3) is 4.67. The molecule has 6 heteroatoms. The lowest BCUT2D eigenvalue weighted by molar-refractivity contribution is -0.144. The first-order valence-corrected chi connectivity index (χ1v) is 8.25. The molecule has 0 aromatic heterocycles. The van der Waals surface area contributed by atoms with E-state index in [1.165, 1.54) is 19.1 Å². The second-order valence-electron chi connectivity index (χ2n) is 6.45. The summed E-state index contributed by atoms with van der Waals surface area (Å²) in [6.07, 6.45) is 0.102. The molecule has 2 aromatic rings. The standard InChI is InChI=1S/C20H22FNO4/c1-13(2)26-12-14-4-6-15(7-5-14)18(23)22-20(3,19(24)25)16-8-10-17(21)11-9-16/h4-11,13H,12H2,1-3H3,(H,22,23)(H,24,25). The van der Waals surface area contributed by atoms with Crippen LogP contribution in [0.1, 0.15) is 42.3 Å². The zero-order valence-corrected chi connectivity index (χ0v) is 15.0. The Morgan fingerprint density at radius 2 is 1.69 bits per heavy atom. The molecule has 0 saturated heterocycles. The largest absolute Gasteiger partial charge is 0.479 e. The topological polar surface area (TPSA) is 75.6 Å². The number of nitrogens with one attached hydrogen (secondary N) is 1. The molecule has 0 aliphatic heterocycles. The van der Waals surface area contributed by atoms with Crippen molar-refractivity contribution < 1.29 is 23.8 Å². The minimum Gasteiger partial charge on any atom is -0.479 e. The van der Waals surface area contributed by atoms with Crippen LogP contribution in [0, 0.1) is 5.82 Å². The summed E-state index contributed by atoms with van der Waals surface area (Å²) in [7, 11) is 0. The molecule has 2 N–H and O–H groups in total. The Kier molecular flexibility index (Phi) is 6.10. The summed E-state index contributed by atoms with van der Waals surface area (Å²) >= 11 is 0. The van der Waals surface area contributed by atoms with E-state index in [9.17, 15) is 19.1 Å². The molecule has 2 rings (SSSR count). The van der Waals surface area contributed by atoms with Gasteiger partial charge in [-0.2, -0.15) is 0 Å². The van der Waals surface area contributed by atoms with Gasteiger partial charge in [-0.15, -0.1) is 0 Å². The number of benzene rings is 2. The number of ether oxygens (including phenoxy) is 1. The number of carboxylic acids is 1. The highest BCUT2D eigenvalue weighted by molar-refractivity contribution is 5.98. The number of carboxylic acid groups (broad SMARTS) is 1. The van der Waals surface area contributed by atoms with Crippen molar-refractivity contribution in [2.45, 2.75) is 39.0 Å². The molecule has 0 aliphatic rings. The molecule has 0 spiro atoms. The quantitative estimate of drug-likeness (QED) is 0.794. The molecule has 5 nitrogen and oxygen atoms in total. The third-order valence-corrected chi connectivity index (χ3v) is 4.01. The van der Waals surface area contributed by atoms with Crippen LogP contribution in [0.4, 0.5) is 4.39 Å². The Hall–Kier alpha value is -2.73. The van der Waals surface area contributed by atoms with Crippen molar-refractivity contribution in [2.75, 3.05) is 0 Å². The Morgan fingerprint density at radius 1 is 1.12 bits per heavy atom. The molecule has 138 valence electrons. The van der Waals surface area contributed by atoms with Gasteiger partial charge in [-0.25, -0.2) is 9.18 Å². The monoisotopic (exact) mass is 359 g/mol. The van der Waals surface area contributed by atoms with E-state index in [0.717, 1.165) is 17.7 Å². The van der Waals surface area contributed by atoms with E-state index in [-0.39, 0.29) is 11.7 Å². The zero-order valence-electron chi connectivity index (χ0n) is 15.0. The van der Waals surface area contributed by atoms with Crippen molar-refractivity contribution >= 4 is 11.9 Å². The third-order valence-electron chi connectivity index (χ3n) is 4.01. The number of carbonyl (C=O) groups is 2. The van der Waals surface area contributed by atoms with Crippen LogP contribution >= 0.6 is 0 Å². The summed E-state index contributed by atoms with van der Waals surface area (Å²) in [6, 6.07) is 11.7. The maximum atomic E-state index is 13.1. The normalized spacial score (nSPS) is 13.3. The van der Waals surface area contributed by atoms with E-state index in [2.05, 4.69) is 5.32 Å². The van der Waals surface area contributed by atoms with Gasteiger partial charge >= 0.3 is 5.97 Å². The minimum absolute atomic E-state index is 0.102. The second-order valence-corrected chi connectivity index (χ2v) is 6.45. The van der Waals surface area contributed by atoms with E-state index >= 15 is 0 Å². The molecular weight excluding hydrogens is 337 g/mol. The van der Waals surface area contributed by atoms with Gasteiger partial charge in [0.1, 0.15) is 5.82 Å². The Bertz CT molecular complexity index is 771. The molecule has 0 aliphatic carbocycles. The average Bonchev–Trinajstić information content (AvgIpc) is 2.60. The highest BCUT2D eigenvalue weighted by atomic mass is 19.1. The predicted molar refractivity (Wildman–Crippen MR) is 95.2 cm³/mol. The number of halogens is 1. The first-order chi connectivity index (χ1) is 12.2.